The van der Waals surface area contributed by atoms with E-state index in [2.05, 4.69) is 45.6 Å². The van der Waals surface area contributed by atoms with Crippen molar-refractivity contribution in [3.8, 4) is 5.75 Å². The van der Waals surface area contributed by atoms with Crippen LogP contribution in [0.15, 0.2) is 83.3 Å². The average molecular weight is 388 g/mol. The quantitative estimate of drug-likeness (QED) is 0.330. The molecule has 0 spiro atoms. The van der Waals surface area contributed by atoms with E-state index < -0.39 is 0 Å². The van der Waals surface area contributed by atoms with Crippen LogP contribution in [-0.4, -0.2) is 27.7 Å². The molecule has 0 aliphatic rings. The molecule has 3 aromatic carbocycles. The van der Waals surface area contributed by atoms with Crippen LogP contribution in [0.1, 0.15) is 18.1 Å². The molecule has 4 aromatic rings. The Labute approximate surface area is 168 Å². The molecule has 0 atom stereocenters. The summed E-state index contributed by atoms with van der Waals surface area (Å²) < 4.78 is 7.51. The molecule has 0 aliphatic carbocycles. The number of hydrogen-bond donors (Lipinski definition) is 0. The van der Waals surface area contributed by atoms with Gasteiger partial charge in [0, 0.05) is 11.3 Å². The van der Waals surface area contributed by atoms with Crippen LogP contribution in [0.3, 0.4) is 0 Å². The van der Waals surface area contributed by atoms with Crippen molar-refractivity contribution in [3.05, 3.63) is 84.2 Å². The molecule has 28 heavy (non-hydrogen) atoms. The molecule has 1 aromatic heterocycles. The van der Waals surface area contributed by atoms with E-state index in [1.54, 1.807) is 22.8 Å². The average Bonchev–Trinajstić information content (AvgIpc) is 3.19. The number of aromatic nitrogens is 3. The second-order valence-electron chi connectivity index (χ2n) is 6.11. The van der Waals surface area contributed by atoms with Gasteiger partial charge in [-0.15, -0.1) is 10.2 Å². The molecule has 0 saturated carbocycles. The maximum atomic E-state index is 5.81. The van der Waals surface area contributed by atoms with Gasteiger partial charge in [-0.1, -0.05) is 72.4 Å². The number of fused-ring (bicyclic) bond motifs is 1. The minimum atomic E-state index is 0.601. The number of hydrogen-bond acceptors (Lipinski definition) is 5. The Hall–Kier alpha value is -3.12. The van der Waals surface area contributed by atoms with E-state index in [-0.39, 0.29) is 0 Å². The highest BCUT2D eigenvalue weighted by molar-refractivity contribution is 7.98. The van der Waals surface area contributed by atoms with Gasteiger partial charge in [0.05, 0.1) is 12.8 Å². The summed E-state index contributed by atoms with van der Waals surface area (Å²) in [5.41, 5.74) is 2.19. The number of nitrogens with zero attached hydrogens (tertiary/aromatic N) is 4. The van der Waals surface area contributed by atoms with Crippen LogP contribution in [-0.2, 0) is 5.75 Å². The lowest BCUT2D eigenvalue weighted by molar-refractivity contribution is 0.340. The first-order valence-corrected chi connectivity index (χ1v) is 10.1. The summed E-state index contributed by atoms with van der Waals surface area (Å²) in [5.74, 6) is 1.63. The molecular weight excluding hydrogens is 368 g/mol. The van der Waals surface area contributed by atoms with Crippen LogP contribution in [0.2, 0.25) is 0 Å². The number of thioether (sulfide) groups is 1. The summed E-state index contributed by atoms with van der Waals surface area (Å²) in [6, 6.07) is 22.6. The Morgan fingerprint density at radius 1 is 1.04 bits per heavy atom. The maximum Gasteiger partial charge on any atom is 0.212 e. The summed E-state index contributed by atoms with van der Waals surface area (Å²) >= 11 is 1.60. The van der Waals surface area contributed by atoms with Crippen molar-refractivity contribution in [1.29, 1.82) is 0 Å². The molecular formula is C22H20N4OS. The Balaban J connectivity index is 1.61. The Morgan fingerprint density at radius 3 is 2.71 bits per heavy atom. The minimum absolute atomic E-state index is 0.601. The number of rotatable bonds is 7. The van der Waals surface area contributed by atoms with Crippen molar-refractivity contribution < 1.29 is 4.74 Å². The van der Waals surface area contributed by atoms with Crippen molar-refractivity contribution in [3.63, 3.8) is 0 Å². The maximum absolute atomic E-state index is 5.81. The van der Waals surface area contributed by atoms with Crippen molar-refractivity contribution in [2.45, 2.75) is 17.8 Å². The second kappa shape index (κ2) is 8.71. The van der Waals surface area contributed by atoms with E-state index >= 15 is 0 Å². The van der Waals surface area contributed by atoms with Gasteiger partial charge < -0.3 is 4.74 Å². The van der Waals surface area contributed by atoms with E-state index in [4.69, 9.17) is 4.74 Å². The molecule has 140 valence electrons. The summed E-state index contributed by atoms with van der Waals surface area (Å²) in [6.45, 7) is 2.58. The monoisotopic (exact) mass is 388 g/mol. The van der Waals surface area contributed by atoms with Crippen molar-refractivity contribution >= 4 is 28.7 Å². The fourth-order valence-electron chi connectivity index (χ4n) is 2.93. The van der Waals surface area contributed by atoms with Gasteiger partial charge in [-0.2, -0.15) is 9.78 Å². The zero-order chi connectivity index (χ0) is 19.2. The first-order valence-electron chi connectivity index (χ1n) is 9.11. The Morgan fingerprint density at radius 2 is 1.86 bits per heavy atom. The molecule has 4 rings (SSSR count). The van der Waals surface area contributed by atoms with Crippen LogP contribution < -0.4 is 4.74 Å². The zero-order valence-electron chi connectivity index (χ0n) is 15.5. The second-order valence-corrected chi connectivity index (χ2v) is 7.05. The van der Waals surface area contributed by atoms with Gasteiger partial charge in [0.15, 0.2) is 0 Å². The zero-order valence-corrected chi connectivity index (χ0v) is 16.3. The van der Waals surface area contributed by atoms with E-state index in [9.17, 15) is 0 Å². The molecule has 0 N–H and O–H groups in total. The normalized spacial score (nSPS) is 11.3. The predicted molar refractivity (Wildman–Crippen MR) is 114 cm³/mol. The van der Waals surface area contributed by atoms with Gasteiger partial charge >= 0.3 is 0 Å². The third-order valence-electron chi connectivity index (χ3n) is 4.25. The first kappa shape index (κ1) is 18.3. The molecule has 0 radical (unpaired) electrons. The SMILES string of the molecule is CCOc1ccc2ccccc2c1/C=N/n1cnnc1SCc1ccccc1. The standard InChI is InChI=1S/C22H20N4OS/c1-2-27-21-13-12-18-10-6-7-11-19(18)20(21)14-24-26-16-23-25-22(26)28-15-17-8-4-3-5-9-17/h3-14,16H,2,15H2,1H3/b24-14+. The van der Waals surface area contributed by atoms with Gasteiger partial charge in [0.2, 0.25) is 5.16 Å². The predicted octanol–water partition coefficient (Wildman–Crippen LogP) is 5.00. The molecule has 6 heteroatoms. The molecule has 0 amide bonds. The van der Waals surface area contributed by atoms with E-state index in [0.717, 1.165) is 33.0 Å². The topological polar surface area (TPSA) is 52.3 Å². The molecule has 5 nitrogen and oxygen atoms in total. The van der Waals surface area contributed by atoms with Crippen molar-refractivity contribution in [2.24, 2.45) is 5.10 Å². The van der Waals surface area contributed by atoms with Crippen LogP contribution in [0.25, 0.3) is 10.8 Å². The first-order chi connectivity index (χ1) is 13.8. The van der Waals surface area contributed by atoms with Gasteiger partial charge in [-0.25, -0.2) is 0 Å². The van der Waals surface area contributed by atoms with Crippen molar-refractivity contribution in [2.75, 3.05) is 6.61 Å². The van der Waals surface area contributed by atoms with Crippen LogP contribution >= 0.6 is 11.8 Å². The van der Waals surface area contributed by atoms with Gasteiger partial charge in [-0.05, 0) is 29.3 Å². The van der Waals surface area contributed by atoms with E-state index in [0.29, 0.717) is 6.61 Å². The van der Waals surface area contributed by atoms with Gasteiger partial charge in [-0.3, -0.25) is 0 Å². The van der Waals surface area contributed by atoms with E-state index in [1.807, 2.05) is 49.5 Å². The van der Waals surface area contributed by atoms with Gasteiger partial charge in [0.1, 0.15) is 12.1 Å². The van der Waals surface area contributed by atoms with Crippen LogP contribution in [0.4, 0.5) is 0 Å². The summed E-state index contributed by atoms with van der Waals surface area (Å²) in [6.07, 6.45) is 3.44. The number of ether oxygens (including phenoxy) is 1. The Kier molecular flexibility index (Phi) is 5.68. The highest BCUT2D eigenvalue weighted by Crippen LogP contribution is 2.27. The fourth-order valence-corrected chi connectivity index (χ4v) is 3.75. The summed E-state index contributed by atoms with van der Waals surface area (Å²) in [7, 11) is 0. The minimum Gasteiger partial charge on any atom is -0.493 e. The molecule has 0 aliphatic heterocycles. The lowest BCUT2D eigenvalue weighted by Crippen LogP contribution is -1.99. The smallest absolute Gasteiger partial charge is 0.212 e. The Bertz CT molecular complexity index is 1090. The molecule has 1 heterocycles. The third-order valence-corrected chi connectivity index (χ3v) is 5.26. The number of benzene rings is 3. The van der Waals surface area contributed by atoms with Crippen LogP contribution in [0, 0.1) is 0 Å². The molecule has 0 unspecified atom stereocenters. The largest absolute Gasteiger partial charge is 0.493 e. The molecule has 0 fully saturated rings. The van der Waals surface area contributed by atoms with Gasteiger partial charge in [0.25, 0.3) is 0 Å². The fraction of sp³-hybridized carbons (Fsp3) is 0.136. The third kappa shape index (κ3) is 4.07. The highest BCUT2D eigenvalue weighted by atomic mass is 32.2. The summed E-state index contributed by atoms with van der Waals surface area (Å²) in [4.78, 5) is 0. The molecule has 0 saturated heterocycles. The van der Waals surface area contributed by atoms with Crippen molar-refractivity contribution in [1.82, 2.24) is 14.9 Å². The summed E-state index contributed by atoms with van der Waals surface area (Å²) in [5, 5.41) is 15.8. The lowest BCUT2D eigenvalue weighted by atomic mass is 10.0. The lowest BCUT2D eigenvalue weighted by Gasteiger charge is -2.10. The highest BCUT2D eigenvalue weighted by Gasteiger charge is 2.08. The molecule has 0 bridgehead atoms. The van der Waals surface area contributed by atoms with E-state index in [1.165, 1.54) is 5.56 Å². The van der Waals surface area contributed by atoms with Crippen LogP contribution in [0.5, 0.6) is 5.75 Å².